The topological polar surface area (TPSA) is 9.23 Å². The van der Waals surface area contributed by atoms with E-state index >= 15 is 0 Å². The van der Waals surface area contributed by atoms with Crippen molar-refractivity contribution in [3.63, 3.8) is 0 Å². The van der Waals surface area contributed by atoms with Crippen molar-refractivity contribution in [3.8, 4) is 39.1 Å². The lowest BCUT2D eigenvalue weighted by atomic mass is 9.87. The lowest BCUT2D eigenvalue weighted by molar-refractivity contribution is 0.306. The van der Waals surface area contributed by atoms with E-state index in [0.717, 1.165) is 0 Å². The predicted molar refractivity (Wildman–Crippen MR) is 133 cm³/mol. The van der Waals surface area contributed by atoms with Gasteiger partial charge >= 0.3 is 0 Å². The molecule has 0 aliphatic heterocycles. The summed E-state index contributed by atoms with van der Waals surface area (Å²) in [6, 6.07) is 14.5. The standard InChI is InChI=1S/C31H15F9O/c32-22-6-16(7-23(33)29(22)38)20-12-19(41-14-15-4-2-1-3-5-15)13-21(17-8-24(34)30(39)25(35)9-17)28(20)18-10-26(36)31(40)27(37)11-18/h1-13H,14H2. The molecule has 0 unspecified atom stereocenters. The summed E-state index contributed by atoms with van der Waals surface area (Å²) in [5, 5.41) is 0. The summed E-state index contributed by atoms with van der Waals surface area (Å²) < 4.78 is 133. The Bertz CT molecular complexity index is 1640. The average molecular weight is 574 g/mol. The third-order valence-corrected chi connectivity index (χ3v) is 6.22. The lowest BCUT2D eigenvalue weighted by Crippen LogP contribution is -2.01. The third-order valence-electron chi connectivity index (χ3n) is 6.22. The maximum atomic E-state index is 14.4. The van der Waals surface area contributed by atoms with E-state index in [1.54, 1.807) is 30.3 Å². The molecular weight excluding hydrogens is 559 g/mol. The molecular formula is C31H15F9O. The van der Waals surface area contributed by atoms with E-state index in [0.29, 0.717) is 42.0 Å². The molecule has 41 heavy (non-hydrogen) atoms. The molecule has 0 saturated carbocycles. The number of benzene rings is 5. The summed E-state index contributed by atoms with van der Waals surface area (Å²) in [5.41, 5.74) is -1.24. The van der Waals surface area contributed by atoms with Gasteiger partial charge < -0.3 is 4.74 Å². The second-order valence-corrected chi connectivity index (χ2v) is 8.93. The van der Waals surface area contributed by atoms with E-state index < -0.39 is 57.9 Å². The molecule has 0 atom stereocenters. The van der Waals surface area contributed by atoms with Crippen LogP contribution in [0.1, 0.15) is 5.56 Å². The van der Waals surface area contributed by atoms with Gasteiger partial charge in [-0.2, -0.15) is 0 Å². The molecule has 0 spiro atoms. The Kier molecular flexibility index (Phi) is 7.49. The molecule has 0 aromatic heterocycles. The van der Waals surface area contributed by atoms with E-state index in [-0.39, 0.29) is 40.2 Å². The first-order valence-electron chi connectivity index (χ1n) is 11.8. The van der Waals surface area contributed by atoms with Crippen LogP contribution in [0.5, 0.6) is 5.75 Å². The Morgan fingerprint density at radius 2 is 0.805 bits per heavy atom. The van der Waals surface area contributed by atoms with Crippen molar-refractivity contribution in [2.45, 2.75) is 6.61 Å². The zero-order valence-electron chi connectivity index (χ0n) is 20.5. The van der Waals surface area contributed by atoms with Crippen molar-refractivity contribution in [2.75, 3.05) is 0 Å². The van der Waals surface area contributed by atoms with Gasteiger partial charge in [0.05, 0.1) is 0 Å². The fourth-order valence-corrected chi connectivity index (χ4v) is 4.33. The monoisotopic (exact) mass is 574 g/mol. The van der Waals surface area contributed by atoms with Gasteiger partial charge in [0, 0.05) is 0 Å². The molecule has 0 fully saturated rings. The van der Waals surface area contributed by atoms with Crippen LogP contribution in [0.4, 0.5) is 39.5 Å². The highest BCUT2D eigenvalue weighted by Gasteiger charge is 2.24. The van der Waals surface area contributed by atoms with Gasteiger partial charge in [-0.3, -0.25) is 0 Å². The van der Waals surface area contributed by atoms with E-state index in [4.69, 9.17) is 4.74 Å². The Hall–Kier alpha value is -4.73. The first-order valence-corrected chi connectivity index (χ1v) is 11.8. The highest BCUT2D eigenvalue weighted by Crippen LogP contribution is 2.44. The normalized spacial score (nSPS) is 11.1. The molecule has 5 rings (SSSR count). The fourth-order valence-electron chi connectivity index (χ4n) is 4.33. The van der Waals surface area contributed by atoms with Crippen LogP contribution in [0.3, 0.4) is 0 Å². The molecule has 0 radical (unpaired) electrons. The first kappa shape index (κ1) is 27.8. The zero-order chi connectivity index (χ0) is 29.4. The first-order chi connectivity index (χ1) is 19.5. The number of halogens is 9. The number of hydrogen-bond donors (Lipinski definition) is 0. The predicted octanol–water partition coefficient (Wildman–Crippen LogP) is 9.52. The third kappa shape index (κ3) is 5.50. The molecule has 0 amide bonds. The zero-order valence-corrected chi connectivity index (χ0v) is 20.5. The summed E-state index contributed by atoms with van der Waals surface area (Å²) >= 11 is 0. The summed E-state index contributed by atoms with van der Waals surface area (Å²) in [7, 11) is 0. The van der Waals surface area contributed by atoms with E-state index in [1.807, 2.05) is 0 Å². The van der Waals surface area contributed by atoms with Crippen LogP contribution in [-0.4, -0.2) is 0 Å². The number of hydrogen-bond acceptors (Lipinski definition) is 1. The van der Waals surface area contributed by atoms with Gasteiger partial charge in [0.2, 0.25) is 0 Å². The van der Waals surface area contributed by atoms with Crippen molar-refractivity contribution in [1.82, 2.24) is 0 Å². The minimum Gasteiger partial charge on any atom is -0.489 e. The largest absolute Gasteiger partial charge is 0.489 e. The van der Waals surface area contributed by atoms with Gasteiger partial charge in [-0.25, -0.2) is 39.5 Å². The minimum absolute atomic E-state index is 0.0547. The Balaban J connectivity index is 1.85. The molecule has 1 nitrogen and oxygen atoms in total. The van der Waals surface area contributed by atoms with Gasteiger partial charge in [-0.05, 0) is 87.5 Å². The highest BCUT2D eigenvalue weighted by atomic mass is 19.2. The number of ether oxygens (including phenoxy) is 1. The van der Waals surface area contributed by atoms with Gasteiger partial charge in [0.25, 0.3) is 0 Å². The summed E-state index contributed by atoms with van der Waals surface area (Å²) in [4.78, 5) is 0. The van der Waals surface area contributed by atoms with Crippen LogP contribution in [0.25, 0.3) is 33.4 Å². The maximum absolute atomic E-state index is 14.4. The van der Waals surface area contributed by atoms with E-state index in [1.165, 1.54) is 12.1 Å². The van der Waals surface area contributed by atoms with Gasteiger partial charge in [-0.15, -0.1) is 0 Å². The van der Waals surface area contributed by atoms with Crippen molar-refractivity contribution < 1.29 is 44.3 Å². The van der Waals surface area contributed by atoms with E-state index in [9.17, 15) is 39.5 Å². The summed E-state index contributed by atoms with van der Waals surface area (Å²) in [5.74, 6) is -15.2. The molecule has 5 aromatic carbocycles. The van der Waals surface area contributed by atoms with E-state index in [2.05, 4.69) is 0 Å². The van der Waals surface area contributed by atoms with Crippen LogP contribution >= 0.6 is 0 Å². The second kappa shape index (κ2) is 11.0. The van der Waals surface area contributed by atoms with Crippen molar-refractivity contribution in [2.24, 2.45) is 0 Å². The van der Waals surface area contributed by atoms with Crippen molar-refractivity contribution in [1.29, 1.82) is 0 Å². The van der Waals surface area contributed by atoms with Crippen LogP contribution < -0.4 is 4.74 Å². The Labute approximate surface area is 227 Å². The molecule has 0 bridgehead atoms. The molecule has 5 aromatic rings. The lowest BCUT2D eigenvalue weighted by Gasteiger charge is -2.20. The van der Waals surface area contributed by atoms with Crippen LogP contribution in [-0.2, 0) is 6.61 Å². The molecule has 208 valence electrons. The summed E-state index contributed by atoms with van der Waals surface area (Å²) in [6.07, 6.45) is 0. The molecule has 0 N–H and O–H groups in total. The highest BCUT2D eigenvalue weighted by molar-refractivity contribution is 5.95. The van der Waals surface area contributed by atoms with Gasteiger partial charge in [0.15, 0.2) is 52.4 Å². The summed E-state index contributed by atoms with van der Waals surface area (Å²) in [6.45, 7) is -0.0584. The van der Waals surface area contributed by atoms with Crippen LogP contribution in [0.2, 0.25) is 0 Å². The molecule has 0 saturated heterocycles. The van der Waals surface area contributed by atoms with Crippen molar-refractivity contribution >= 4 is 0 Å². The maximum Gasteiger partial charge on any atom is 0.194 e. The van der Waals surface area contributed by atoms with Crippen molar-refractivity contribution in [3.05, 3.63) is 137 Å². The molecule has 10 heteroatoms. The van der Waals surface area contributed by atoms with Crippen LogP contribution in [0.15, 0.2) is 78.9 Å². The quantitative estimate of drug-likeness (QED) is 0.145. The smallest absolute Gasteiger partial charge is 0.194 e. The molecule has 0 heterocycles. The number of rotatable bonds is 6. The average Bonchev–Trinajstić information content (AvgIpc) is 2.95. The molecule has 0 aliphatic rings. The van der Waals surface area contributed by atoms with Gasteiger partial charge in [-0.1, -0.05) is 30.3 Å². The Morgan fingerprint density at radius 3 is 1.20 bits per heavy atom. The fraction of sp³-hybridized carbons (Fsp3) is 0.0323. The Morgan fingerprint density at radius 1 is 0.439 bits per heavy atom. The second-order valence-electron chi connectivity index (χ2n) is 8.93. The minimum atomic E-state index is -1.82. The SMILES string of the molecule is Fc1cc(-c2cc(OCc3ccccc3)cc(-c3cc(F)c(F)c(F)c3)c2-c2cc(F)c(F)c(F)c2)cc(F)c1F. The molecule has 0 aliphatic carbocycles. The van der Waals surface area contributed by atoms with Gasteiger partial charge in [0.1, 0.15) is 12.4 Å². The van der Waals surface area contributed by atoms with Crippen LogP contribution in [0, 0.1) is 52.4 Å².